The molecule has 6 heteroatoms. The Labute approximate surface area is 114 Å². The van der Waals surface area contributed by atoms with Crippen LogP contribution in [0, 0.1) is 0 Å². The van der Waals surface area contributed by atoms with Crippen molar-refractivity contribution in [3.8, 4) is 0 Å². The lowest BCUT2D eigenvalue weighted by Gasteiger charge is -2.18. The summed E-state index contributed by atoms with van der Waals surface area (Å²) in [5.41, 5.74) is 0.810. The van der Waals surface area contributed by atoms with Crippen molar-refractivity contribution in [2.45, 2.75) is 30.4 Å². The fraction of sp³-hybridized carbons (Fsp3) is 0.538. The Morgan fingerprint density at radius 1 is 1.37 bits per heavy atom. The number of benzene rings is 1. The molecule has 2 atom stereocenters. The Kier molecular flexibility index (Phi) is 4.13. The summed E-state index contributed by atoms with van der Waals surface area (Å²) in [7, 11) is -0.324. The molecule has 0 bridgehead atoms. The third-order valence-electron chi connectivity index (χ3n) is 3.34. The van der Waals surface area contributed by atoms with E-state index in [1.165, 1.54) is 18.4 Å². The third kappa shape index (κ3) is 3.08. The van der Waals surface area contributed by atoms with Crippen molar-refractivity contribution in [1.29, 1.82) is 0 Å². The Balaban J connectivity index is 2.20. The van der Waals surface area contributed by atoms with E-state index in [0.29, 0.717) is 4.90 Å². The maximum Gasteiger partial charge on any atom is 0.242 e. The lowest BCUT2D eigenvalue weighted by atomic mass is 10.1. The van der Waals surface area contributed by atoms with Crippen molar-refractivity contribution in [3.05, 3.63) is 24.3 Å². The monoisotopic (exact) mass is 284 g/mol. The topological polar surface area (TPSA) is 58.6 Å². The van der Waals surface area contributed by atoms with Gasteiger partial charge in [-0.25, -0.2) is 12.7 Å². The second kappa shape index (κ2) is 5.48. The number of ether oxygens (including phenoxy) is 1. The van der Waals surface area contributed by atoms with Crippen molar-refractivity contribution in [2.75, 3.05) is 26.0 Å². The van der Waals surface area contributed by atoms with E-state index in [1.807, 2.05) is 13.0 Å². The van der Waals surface area contributed by atoms with Crippen LogP contribution in [-0.4, -0.2) is 45.6 Å². The summed E-state index contributed by atoms with van der Waals surface area (Å²) in [6.45, 7) is 2.76. The molecule has 0 aromatic heterocycles. The zero-order valence-electron chi connectivity index (χ0n) is 11.5. The maximum absolute atomic E-state index is 12.1. The van der Waals surface area contributed by atoms with Crippen molar-refractivity contribution in [2.24, 2.45) is 0 Å². The van der Waals surface area contributed by atoms with Gasteiger partial charge in [0.25, 0.3) is 0 Å². The predicted octanol–water partition coefficient (Wildman–Crippen LogP) is 1.53. The molecule has 5 nitrogen and oxygen atoms in total. The van der Waals surface area contributed by atoms with Crippen molar-refractivity contribution >= 4 is 15.7 Å². The molecule has 1 aromatic rings. The molecule has 2 unspecified atom stereocenters. The average Bonchev–Trinajstić information content (AvgIpc) is 2.75. The Bertz CT molecular complexity index is 543. The molecule has 1 aromatic carbocycles. The van der Waals surface area contributed by atoms with Gasteiger partial charge in [-0.05, 0) is 31.5 Å². The Morgan fingerprint density at radius 3 is 2.68 bits per heavy atom. The van der Waals surface area contributed by atoms with E-state index >= 15 is 0 Å². The highest BCUT2D eigenvalue weighted by Crippen LogP contribution is 2.22. The van der Waals surface area contributed by atoms with Gasteiger partial charge in [-0.3, -0.25) is 0 Å². The molecular weight excluding hydrogens is 264 g/mol. The average molecular weight is 284 g/mol. The highest BCUT2D eigenvalue weighted by molar-refractivity contribution is 7.89. The van der Waals surface area contributed by atoms with Crippen LogP contribution in [0.2, 0.25) is 0 Å². The van der Waals surface area contributed by atoms with E-state index in [4.69, 9.17) is 4.74 Å². The Hall–Kier alpha value is -1.11. The van der Waals surface area contributed by atoms with Gasteiger partial charge in [0.15, 0.2) is 0 Å². The van der Waals surface area contributed by atoms with Crippen LogP contribution in [0.5, 0.6) is 0 Å². The summed E-state index contributed by atoms with van der Waals surface area (Å²) >= 11 is 0. The minimum absolute atomic E-state index is 0.147. The van der Waals surface area contributed by atoms with Crippen molar-refractivity contribution < 1.29 is 13.2 Å². The fourth-order valence-corrected chi connectivity index (χ4v) is 3.04. The third-order valence-corrected chi connectivity index (χ3v) is 5.15. The Morgan fingerprint density at radius 2 is 2.11 bits per heavy atom. The summed E-state index contributed by atoms with van der Waals surface area (Å²) in [5, 5.41) is 3.33. The minimum Gasteiger partial charge on any atom is -0.380 e. The number of sulfonamides is 1. The molecule has 0 amide bonds. The van der Waals surface area contributed by atoms with Crippen LogP contribution in [-0.2, 0) is 14.8 Å². The second-order valence-corrected chi connectivity index (χ2v) is 7.08. The molecule has 1 aliphatic heterocycles. The van der Waals surface area contributed by atoms with E-state index < -0.39 is 10.0 Å². The highest BCUT2D eigenvalue weighted by Gasteiger charge is 2.24. The van der Waals surface area contributed by atoms with Crippen LogP contribution < -0.4 is 5.32 Å². The van der Waals surface area contributed by atoms with Gasteiger partial charge in [0, 0.05) is 26.4 Å². The number of hydrogen-bond acceptors (Lipinski definition) is 4. The molecule has 0 saturated carbocycles. The van der Waals surface area contributed by atoms with Crippen LogP contribution >= 0.6 is 0 Å². The van der Waals surface area contributed by atoms with E-state index in [0.717, 1.165) is 18.7 Å². The fourth-order valence-electron chi connectivity index (χ4n) is 2.09. The summed E-state index contributed by atoms with van der Waals surface area (Å²) < 4.78 is 30.8. The molecule has 1 heterocycles. The van der Waals surface area contributed by atoms with E-state index in [1.54, 1.807) is 18.2 Å². The molecule has 0 aliphatic carbocycles. The van der Waals surface area contributed by atoms with Gasteiger partial charge in [0.2, 0.25) is 10.0 Å². The molecule has 19 heavy (non-hydrogen) atoms. The number of hydrogen-bond donors (Lipinski definition) is 1. The van der Waals surface area contributed by atoms with Gasteiger partial charge >= 0.3 is 0 Å². The summed E-state index contributed by atoms with van der Waals surface area (Å²) in [5.74, 6) is 0. The van der Waals surface area contributed by atoms with E-state index in [-0.39, 0.29) is 12.1 Å². The van der Waals surface area contributed by atoms with Gasteiger partial charge in [0.1, 0.15) is 0 Å². The van der Waals surface area contributed by atoms with Crippen LogP contribution in [0.3, 0.4) is 0 Å². The zero-order chi connectivity index (χ0) is 14.0. The van der Waals surface area contributed by atoms with Gasteiger partial charge < -0.3 is 10.1 Å². The molecule has 0 radical (unpaired) electrons. The quantitative estimate of drug-likeness (QED) is 0.911. The highest BCUT2D eigenvalue weighted by atomic mass is 32.2. The normalized spacial score (nSPS) is 23.8. The first-order chi connectivity index (χ1) is 8.91. The van der Waals surface area contributed by atoms with Gasteiger partial charge in [-0.1, -0.05) is 6.07 Å². The molecule has 1 fully saturated rings. The summed E-state index contributed by atoms with van der Waals surface area (Å²) in [4.78, 5) is 0.300. The van der Waals surface area contributed by atoms with Gasteiger partial charge in [-0.15, -0.1) is 0 Å². The molecule has 1 aliphatic rings. The van der Waals surface area contributed by atoms with Crippen LogP contribution in [0.1, 0.15) is 13.3 Å². The maximum atomic E-state index is 12.1. The van der Waals surface area contributed by atoms with E-state index in [9.17, 15) is 8.42 Å². The molecule has 0 spiro atoms. The first-order valence-electron chi connectivity index (χ1n) is 6.32. The summed E-state index contributed by atoms with van der Waals surface area (Å²) in [6.07, 6.45) is 1.08. The number of nitrogens with one attached hydrogen (secondary N) is 1. The lowest BCUT2D eigenvalue weighted by Crippen LogP contribution is -2.27. The number of anilines is 1. The van der Waals surface area contributed by atoms with E-state index in [2.05, 4.69) is 5.32 Å². The van der Waals surface area contributed by atoms with Crippen LogP contribution in [0.15, 0.2) is 29.2 Å². The molecule has 1 saturated heterocycles. The van der Waals surface area contributed by atoms with Crippen LogP contribution in [0.25, 0.3) is 0 Å². The SMILES string of the molecule is CC1OCCC1Nc1cccc(S(=O)(=O)N(C)C)c1. The van der Waals surface area contributed by atoms with Crippen LogP contribution in [0.4, 0.5) is 5.69 Å². The van der Waals surface area contributed by atoms with Crippen molar-refractivity contribution in [1.82, 2.24) is 4.31 Å². The second-order valence-electron chi connectivity index (χ2n) is 4.93. The number of rotatable bonds is 4. The zero-order valence-corrected chi connectivity index (χ0v) is 12.3. The predicted molar refractivity (Wildman–Crippen MR) is 74.8 cm³/mol. The number of nitrogens with zero attached hydrogens (tertiary/aromatic N) is 1. The van der Waals surface area contributed by atoms with Crippen molar-refractivity contribution in [3.63, 3.8) is 0 Å². The molecule has 1 N–H and O–H groups in total. The largest absolute Gasteiger partial charge is 0.380 e. The summed E-state index contributed by atoms with van der Waals surface area (Å²) in [6, 6.07) is 7.13. The molecular formula is C13H20N2O3S. The standard InChI is InChI=1S/C13H20N2O3S/c1-10-13(7-8-18-10)14-11-5-4-6-12(9-11)19(16,17)15(2)3/h4-6,9-10,13-14H,7-8H2,1-3H3. The smallest absolute Gasteiger partial charge is 0.242 e. The first kappa shape index (κ1) is 14.3. The van der Waals surface area contributed by atoms with Gasteiger partial charge in [0.05, 0.1) is 17.0 Å². The minimum atomic E-state index is -3.38. The first-order valence-corrected chi connectivity index (χ1v) is 7.76. The molecule has 2 rings (SSSR count). The van der Waals surface area contributed by atoms with Gasteiger partial charge in [-0.2, -0.15) is 0 Å². The molecule has 106 valence electrons. The lowest BCUT2D eigenvalue weighted by molar-refractivity contribution is 0.121.